The predicted octanol–water partition coefficient (Wildman–Crippen LogP) is 2.22. The molecule has 0 spiro atoms. The Morgan fingerprint density at radius 1 is 1.19 bits per heavy atom. The van der Waals surface area contributed by atoms with Crippen molar-refractivity contribution in [1.82, 2.24) is 9.97 Å². The number of rotatable bonds is 9. The molecule has 21 heavy (non-hydrogen) atoms. The maximum Gasteiger partial charge on any atom is 0.225 e. The number of hydrogen-bond donors (Lipinski definition) is 1. The highest BCUT2D eigenvalue weighted by Gasteiger charge is 2.15. The predicted molar refractivity (Wildman–Crippen MR) is 87.5 cm³/mol. The number of anilines is 2. The van der Waals surface area contributed by atoms with E-state index in [1.807, 2.05) is 12.4 Å². The van der Waals surface area contributed by atoms with Gasteiger partial charge in [0.1, 0.15) is 10.6 Å². The Bertz CT molecular complexity index is 561. The molecule has 0 bridgehead atoms. The van der Waals surface area contributed by atoms with Crippen LogP contribution in [0.3, 0.4) is 0 Å². The first-order chi connectivity index (χ1) is 10.3. The fourth-order valence-corrected chi connectivity index (χ4v) is 2.88. The van der Waals surface area contributed by atoms with Gasteiger partial charge in [-0.1, -0.05) is 0 Å². The Labute approximate surface area is 129 Å². The maximum atomic E-state index is 5.22. The molecule has 0 aliphatic carbocycles. The third-order valence-corrected chi connectivity index (χ3v) is 3.98. The summed E-state index contributed by atoms with van der Waals surface area (Å²) in [6.07, 6.45) is 0.949. The molecule has 0 radical (unpaired) electrons. The summed E-state index contributed by atoms with van der Waals surface area (Å²) in [6, 6.07) is 2.07. The largest absolute Gasteiger partial charge is 0.385 e. The van der Waals surface area contributed by atoms with Crippen molar-refractivity contribution in [2.24, 2.45) is 0 Å². The molecule has 2 aromatic rings. The zero-order valence-corrected chi connectivity index (χ0v) is 13.6. The molecule has 7 heteroatoms. The molecule has 0 aliphatic rings. The van der Waals surface area contributed by atoms with Gasteiger partial charge in [0.25, 0.3) is 0 Å². The topological polar surface area (TPSA) is 59.5 Å². The van der Waals surface area contributed by atoms with Crippen molar-refractivity contribution in [1.29, 1.82) is 0 Å². The second-order valence-corrected chi connectivity index (χ2v) is 5.48. The van der Waals surface area contributed by atoms with Crippen molar-refractivity contribution in [3.8, 4) is 0 Å². The number of nitrogens with zero attached hydrogens (tertiary/aromatic N) is 3. The van der Waals surface area contributed by atoms with Crippen LogP contribution in [0.4, 0.5) is 11.8 Å². The lowest BCUT2D eigenvalue weighted by Crippen LogP contribution is -2.30. The molecule has 2 aromatic heterocycles. The molecule has 1 N–H and O–H groups in total. The molecule has 2 heterocycles. The highest BCUT2D eigenvalue weighted by Crippen LogP contribution is 2.29. The molecular formula is C14H22N4O2S. The van der Waals surface area contributed by atoms with Crippen LogP contribution in [-0.4, -0.2) is 57.5 Å². The van der Waals surface area contributed by atoms with E-state index in [1.165, 1.54) is 0 Å². The standard InChI is InChI=1S/C14H22N4O2S/c1-15-14-16-12(11-5-10-21-13(11)17-14)18(7-9-20-3)6-4-8-19-2/h5,10H,4,6-9H2,1-3H3,(H,15,16,17). The first-order valence-electron chi connectivity index (χ1n) is 6.96. The summed E-state index contributed by atoms with van der Waals surface area (Å²) in [5.74, 6) is 1.60. The molecule has 116 valence electrons. The zero-order chi connectivity index (χ0) is 15.1. The Morgan fingerprint density at radius 3 is 2.71 bits per heavy atom. The molecule has 0 saturated carbocycles. The molecule has 0 unspecified atom stereocenters. The van der Waals surface area contributed by atoms with E-state index < -0.39 is 0 Å². The highest BCUT2D eigenvalue weighted by atomic mass is 32.1. The zero-order valence-electron chi connectivity index (χ0n) is 12.8. The Hall–Kier alpha value is -1.44. The molecule has 0 fully saturated rings. The van der Waals surface area contributed by atoms with Crippen molar-refractivity contribution in [2.45, 2.75) is 6.42 Å². The van der Waals surface area contributed by atoms with Gasteiger partial charge >= 0.3 is 0 Å². The van der Waals surface area contributed by atoms with Crippen molar-refractivity contribution in [3.05, 3.63) is 11.4 Å². The number of nitrogens with one attached hydrogen (secondary N) is 1. The fraction of sp³-hybridized carbons (Fsp3) is 0.571. The average Bonchev–Trinajstić information content (AvgIpc) is 2.98. The van der Waals surface area contributed by atoms with Gasteiger partial charge in [-0.05, 0) is 17.9 Å². The van der Waals surface area contributed by atoms with Crippen LogP contribution in [0.1, 0.15) is 6.42 Å². The first-order valence-corrected chi connectivity index (χ1v) is 7.84. The summed E-state index contributed by atoms with van der Waals surface area (Å²) in [4.78, 5) is 12.4. The third-order valence-electron chi connectivity index (χ3n) is 3.17. The SMILES string of the molecule is CNc1nc(N(CCCOC)CCOC)c2ccsc2n1. The molecule has 0 aromatic carbocycles. The van der Waals surface area contributed by atoms with Gasteiger partial charge < -0.3 is 19.7 Å². The summed E-state index contributed by atoms with van der Waals surface area (Å²) in [7, 11) is 5.27. The van der Waals surface area contributed by atoms with Crippen LogP contribution in [0.5, 0.6) is 0 Å². The van der Waals surface area contributed by atoms with E-state index in [4.69, 9.17) is 9.47 Å². The minimum atomic E-state index is 0.647. The molecular weight excluding hydrogens is 288 g/mol. The van der Waals surface area contributed by atoms with Crippen LogP contribution < -0.4 is 10.2 Å². The normalized spacial score (nSPS) is 11.0. The van der Waals surface area contributed by atoms with Crippen molar-refractivity contribution in [3.63, 3.8) is 0 Å². The molecule has 6 nitrogen and oxygen atoms in total. The Kier molecular flexibility index (Phi) is 6.16. The average molecular weight is 310 g/mol. The smallest absolute Gasteiger partial charge is 0.225 e. The number of ether oxygens (including phenoxy) is 2. The van der Waals surface area contributed by atoms with E-state index in [2.05, 4.69) is 26.3 Å². The number of thiophene rings is 1. The van der Waals surface area contributed by atoms with E-state index in [-0.39, 0.29) is 0 Å². The van der Waals surface area contributed by atoms with Crippen LogP contribution in [0.2, 0.25) is 0 Å². The summed E-state index contributed by atoms with van der Waals surface area (Å²) >= 11 is 1.63. The lowest BCUT2D eigenvalue weighted by Gasteiger charge is -2.24. The van der Waals surface area contributed by atoms with Gasteiger partial charge in [-0.15, -0.1) is 11.3 Å². The van der Waals surface area contributed by atoms with Crippen molar-refractivity contribution >= 4 is 33.3 Å². The fourth-order valence-electron chi connectivity index (χ4n) is 2.12. The Morgan fingerprint density at radius 2 is 2.00 bits per heavy atom. The monoisotopic (exact) mass is 310 g/mol. The summed E-state index contributed by atoms with van der Waals surface area (Å²) in [5.41, 5.74) is 0. The van der Waals surface area contributed by atoms with Gasteiger partial charge in [0.2, 0.25) is 5.95 Å². The highest BCUT2D eigenvalue weighted by molar-refractivity contribution is 7.16. The maximum absolute atomic E-state index is 5.22. The summed E-state index contributed by atoms with van der Waals surface area (Å²) in [5, 5.41) is 6.17. The van der Waals surface area contributed by atoms with E-state index in [9.17, 15) is 0 Å². The summed E-state index contributed by atoms with van der Waals surface area (Å²) < 4.78 is 10.4. The van der Waals surface area contributed by atoms with Gasteiger partial charge in [-0.2, -0.15) is 4.98 Å². The second-order valence-electron chi connectivity index (χ2n) is 4.59. The van der Waals surface area contributed by atoms with Gasteiger partial charge in [-0.25, -0.2) is 4.98 Å². The van der Waals surface area contributed by atoms with Gasteiger partial charge in [0.05, 0.1) is 12.0 Å². The third kappa shape index (κ3) is 4.03. The van der Waals surface area contributed by atoms with Crippen LogP contribution in [-0.2, 0) is 9.47 Å². The molecule has 2 rings (SSSR count). The summed E-state index contributed by atoms with van der Waals surface area (Å²) in [6.45, 7) is 3.07. The van der Waals surface area contributed by atoms with Gasteiger partial charge in [-0.3, -0.25) is 0 Å². The van der Waals surface area contributed by atoms with E-state index in [0.29, 0.717) is 12.6 Å². The molecule has 0 aliphatic heterocycles. The van der Waals surface area contributed by atoms with Crippen LogP contribution >= 0.6 is 11.3 Å². The lowest BCUT2D eigenvalue weighted by atomic mass is 10.3. The van der Waals surface area contributed by atoms with Crippen LogP contribution in [0.15, 0.2) is 11.4 Å². The minimum absolute atomic E-state index is 0.647. The minimum Gasteiger partial charge on any atom is -0.385 e. The van der Waals surface area contributed by atoms with Gasteiger partial charge in [0, 0.05) is 41.0 Å². The van der Waals surface area contributed by atoms with Crippen LogP contribution in [0, 0.1) is 0 Å². The lowest BCUT2D eigenvalue weighted by molar-refractivity contribution is 0.191. The molecule has 0 atom stereocenters. The Balaban J connectivity index is 2.29. The molecule has 0 saturated heterocycles. The van der Waals surface area contributed by atoms with E-state index >= 15 is 0 Å². The van der Waals surface area contributed by atoms with E-state index in [1.54, 1.807) is 25.6 Å². The van der Waals surface area contributed by atoms with Gasteiger partial charge in [0.15, 0.2) is 0 Å². The van der Waals surface area contributed by atoms with Crippen molar-refractivity contribution in [2.75, 3.05) is 57.8 Å². The van der Waals surface area contributed by atoms with Crippen molar-refractivity contribution < 1.29 is 9.47 Å². The number of methoxy groups -OCH3 is 2. The second kappa shape index (κ2) is 8.11. The number of fused-ring (bicyclic) bond motifs is 1. The quantitative estimate of drug-likeness (QED) is 0.717. The number of hydrogen-bond acceptors (Lipinski definition) is 7. The van der Waals surface area contributed by atoms with Crippen LogP contribution in [0.25, 0.3) is 10.2 Å². The molecule has 0 amide bonds. The van der Waals surface area contributed by atoms with E-state index in [0.717, 1.165) is 42.2 Å². The number of aromatic nitrogens is 2. The first kappa shape index (κ1) is 15.9.